The highest BCUT2D eigenvalue weighted by atomic mass is 16.5. The number of fused-ring (bicyclic) bond motifs is 3. The van der Waals surface area contributed by atoms with Crippen LogP contribution in [0.5, 0.6) is 23.0 Å². The molecule has 0 radical (unpaired) electrons. The van der Waals surface area contributed by atoms with Gasteiger partial charge in [-0.15, -0.1) is 0 Å². The van der Waals surface area contributed by atoms with Gasteiger partial charge in [0, 0.05) is 30.8 Å². The fourth-order valence-corrected chi connectivity index (χ4v) is 4.80. The van der Waals surface area contributed by atoms with Crippen LogP contribution in [0.3, 0.4) is 0 Å². The summed E-state index contributed by atoms with van der Waals surface area (Å²) in [7, 11) is 8.21. The van der Waals surface area contributed by atoms with Crippen LogP contribution in [0.1, 0.15) is 23.6 Å². The summed E-state index contributed by atoms with van der Waals surface area (Å²) >= 11 is 0. The molecule has 1 fully saturated rings. The summed E-state index contributed by atoms with van der Waals surface area (Å²) in [5, 5.41) is 3.33. The van der Waals surface area contributed by atoms with Crippen molar-refractivity contribution in [1.29, 1.82) is 0 Å². The fourth-order valence-electron chi connectivity index (χ4n) is 4.80. The van der Waals surface area contributed by atoms with Gasteiger partial charge in [0.1, 0.15) is 0 Å². The number of hydrogen-bond acceptors (Lipinski definition) is 9. The second-order valence-corrected chi connectivity index (χ2v) is 8.96. The molecule has 0 saturated carbocycles. The van der Waals surface area contributed by atoms with Crippen LogP contribution in [0.2, 0.25) is 0 Å². The van der Waals surface area contributed by atoms with Gasteiger partial charge in [-0.25, -0.2) is 0 Å². The lowest BCUT2D eigenvalue weighted by atomic mass is 9.95. The predicted octanol–water partition coefficient (Wildman–Crippen LogP) is 2.85. The zero-order valence-corrected chi connectivity index (χ0v) is 22.3. The topological polar surface area (TPSA) is 103 Å². The maximum atomic E-state index is 12.6. The minimum atomic E-state index is -0.151. The third-order valence-electron chi connectivity index (χ3n) is 6.79. The van der Waals surface area contributed by atoms with Crippen molar-refractivity contribution < 1.29 is 28.5 Å². The van der Waals surface area contributed by atoms with Crippen molar-refractivity contribution in [1.82, 2.24) is 10.2 Å². The van der Waals surface area contributed by atoms with E-state index in [1.807, 2.05) is 24.1 Å². The molecule has 0 spiro atoms. The SMILES string of the molecule is CN[C@H]1CCc2cc(OC)c(OC)c(OC)c2-c2ccc(OC)c(=O)cc21.O=C1C=CC(=O)C(N2CC2)=C1. The first-order valence-corrected chi connectivity index (χ1v) is 12.3. The molecule has 0 aromatic heterocycles. The first-order valence-electron chi connectivity index (χ1n) is 12.3. The highest BCUT2D eigenvalue weighted by Gasteiger charge is 2.29. The van der Waals surface area contributed by atoms with E-state index in [4.69, 9.17) is 18.9 Å². The zero-order valence-electron chi connectivity index (χ0n) is 22.3. The molecule has 9 nitrogen and oxygen atoms in total. The van der Waals surface area contributed by atoms with Gasteiger partial charge in [0.15, 0.2) is 23.0 Å². The summed E-state index contributed by atoms with van der Waals surface area (Å²) in [6.45, 7) is 1.80. The standard InChI is InChI=1S/C21H25NO5.C8H7NO2/c1-22-15-8-6-12-10-18(25-3)20(26-4)21(27-5)19(12)13-7-9-17(24-2)16(23)11-14(13)15;10-6-1-2-8(11)7(5-6)9-3-4-9/h7,9-11,15,22H,6,8H2,1-5H3;1-2,5H,3-4H2/t15-;/m0./s1. The largest absolute Gasteiger partial charge is 0.493 e. The van der Waals surface area contributed by atoms with Crippen LogP contribution in [0.25, 0.3) is 11.1 Å². The first-order chi connectivity index (χ1) is 18.4. The second-order valence-electron chi connectivity index (χ2n) is 8.96. The summed E-state index contributed by atoms with van der Waals surface area (Å²) in [4.78, 5) is 36.3. The summed E-state index contributed by atoms with van der Waals surface area (Å²) < 4.78 is 22.1. The van der Waals surface area contributed by atoms with Gasteiger partial charge in [-0.3, -0.25) is 14.4 Å². The molecule has 1 N–H and O–H groups in total. The fraction of sp³-hybridized carbons (Fsp3) is 0.345. The van der Waals surface area contributed by atoms with Gasteiger partial charge in [0.2, 0.25) is 17.0 Å². The molecule has 2 aromatic rings. The Kier molecular flexibility index (Phi) is 8.16. The molecule has 9 heteroatoms. The number of methoxy groups -OCH3 is 4. The number of aryl methyl sites for hydroxylation is 1. The van der Waals surface area contributed by atoms with Gasteiger partial charge in [-0.05, 0) is 66.9 Å². The second kappa shape index (κ2) is 11.5. The maximum Gasteiger partial charge on any atom is 0.220 e. The van der Waals surface area contributed by atoms with E-state index in [2.05, 4.69) is 5.32 Å². The normalized spacial score (nSPS) is 17.2. The maximum absolute atomic E-state index is 12.6. The van der Waals surface area contributed by atoms with Crippen LogP contribution in [-0.4, -0.2) is 65.0 Å². The molecular formula is C29H32N2O7. The monoisotopic (exact) mass is 520 g/mol. The number of hydrogen-bond donors (Lipinski definition) is 1. The van der Waals surface area contributed by atoms with Crippen molar-refractivity contribution in [3.8, 4) is 34.1 Å². The number of nitrogens with zero attached hydrogens (tertiary/aromatic N) is 1. The molecule has 0 amide bonds. The number of carbonyl (C=O) groups is 2. The molecule has 1 heterocycles. The van der Waals surface area contributed by atoms with Crippen LogP contribution in [0.15, 0.2) is 53.0 Å². The van der Waals surface area contributed by atoms with Gasteiger partial charge >= 0.3 is 0 Å². The van der Waals surface area contributed by atoms with E-state index in [-0.39, 0.29) is 23.0 Å². The molecule has 1 saturated heterocycles. The minimum Gasteiger partial charge on any atom is -0.493 e. The Labute approximate surface area is 221 Å². The van der Waals surface area contributed by atoms with Gasteiger partial charge in [0.05, 0.1) is 34.1 Å². The van der Waals surface area contributed by atoms with Gasteiger partial charge in [-0.1, -0.05) is 6.07 Å². The van der Waals surface area contributed by atoms with Crippen LogP contribution < -0.4 is 29.7 Å². The molecule has 2 aromatic carbocycles. The van der Waals surface area contributed by atoms with Crippen molar-refractivity contribution in [3.05, 3.63) is 69.5 Å². The molecule has 5 rings (SSSR count). The van der Waals surface area contributed by atoms with E-state index in [0.29, 0.717) is 28.7 Å². The van der Waals surface area contributed by atoms with Gasteiger partial charge < -0.3 is 29.2 Å². The number of benzene rings is 1. The summed E-state index contributed by atoms with van der Waals surface area (Å²) in [6.07, 6.45) is 5.67. The number of carbonyl (C=O) groups excluding carboxylic acids is 2. The number of ketones is 2. The molecule has 1 aliphatic heterocycles. The van der Waals surface area contributed by atoms with E-state index in [1.54, 1.807) is 33.5 Å². The lowest BCUT2D eigenvalue weighted by molar-refractivity contribution is -0.115. The van der Waals surface area contributed by atoms with Crippen molar-refractivity contribution in [2.45, 2.75) is 18.9 Å². The Bertz CT molecular complexity index is 1380. The Morgan fingerprint density at radius 3 is 2.18 bits per heavy atom. The van der Waals surface area contributed by atoms with Gasteiger partial charge in [0.25, 0.3) is 0 Å². The first kappa shape index (κ1) is 26.9. The summed E-state index contributed by atoms with van der Waals surface area (Å²) in [5.74, 6) is 1.92. The number of nitrogens with one attached hydrogen (secondary N) is 1. The molecule has 2 aliphatic carbocycles. The van der Waals surface area contributed by atoms with Crippen molar-refractivity contribution in [2.24, 2.45) is 0 Å². The lowest BCUT2D eigenvalue weighted by Gasteiger charge is -2.19. The smallest absolute Gasteiger partial charge is 0.220 e. The third-order valence-corrected chi connectivity index (χ3v) is 6.79. The molecule has 0 unspecified atom stereocenters. The van der Waals surface area contributed by atoms with E-state index in [9.17, 15) is 14.4 Å². The molecule has 38 heavy (non-hydrogen) atoms. The summed E-state index contributed by atoms with van der Waals surface area (Å²) in [5.41, 5.74) is 4.23. The molecular weight excluding hydrogens is 488 g/mol. The van der Waals surface area contributed by atoms with E-state index < -0.39 is 0 Å². The molecule has 1 atom stereocenters. The van der Waals surface area contributed by atoms with Crippen molar-refractivity contribution in [3.63, 3.8) is 0 Å². The average Bonchev–Trinajstić information content (AvgIpc) is 3.78. The van der Waals surface area contributed by atoms with Crippen molar-refractivity contribution >= 4 is 11.6 Å². The Balaban J connectivity index is 0.000000253. The molecule has 0 bridgehead atoms. The van der Waals surface area contributed by atoms with E-state index in [0.717, 1.165) is 48.2 Å². The van der Waals surface area contributed by atoms with Crippen LogP contribution in [-0.2, 0) is 16.0 Å². The van der Waals surface area contributed by atoms with E-state index >= 15 is 0 Å². The third kappa shape index (κ3) is 5.28. The molecule has 3 aliphatic rings. The number of ether oxygens (including phenoxy) is 4. The zero-order chi connectivity index (χ0) is 27.4. The predicted molar refractivity (Wildman–Crippen MR) is 143 cm³/mol. The summed E-state index contributed by atoms with van der Waals surface area (Å²) in [6, 6.07) is 7.29. The lowest BCUT2D eigenvalue weighted by Crippen LogP contribution is -2.17. The minimum absolute atomic E-state index is 0.0268. The quantitative estimate of drug-likeness (QED) is 0.455. The Hall–Kier alpha value is -4.11. The Morgan fingerprint density at radius 1 is 0.868 bits per heavy atom. The van der Waals surface area contributed by atoms with Crippen molar-refractivity contribution in [2.75, 3.05) is 48.6 Å². The number of rotatable bonds is 6. The average molecular weight is 521 g/mol. The number of allylic oxidation sites excluding steroid dienone is 3. The van der Waals surface area contributed by atoms with Crippen LogP contribution >= 0.6 is 0 Å². The van der Waals surface area contributed by atoms with Crippen LogP contribution in [0.4, 0.5) is 0 Å². The highest BCUT2D eigenvalue weighted by molar-refractivity contribution is 6.17. The van der Waals surface area contributed by atoms with Gasteiger partial charge in [-0.2, -0.15) is 0 Å². The highest BCUT2D eigenvalue weighted by Crippen LogP contribution is 2.50. The Morgan fingerprint density at radius 2 is 1.58 bits per heavy atom. The van der Waals surface area contributed by atoms with E-state index in [1.165, 1.54) is 25.3 Å². The van der Waals surface area contributed by atoms with Crippen LogP contribution in [0, 0.1) is 0 Å². The molecule has 200 valence electrons.